The van der Waals surface area contributed by atoms with E-state index in [4.69, 9.17) is 5.26 Å². The van der Waals surface area contributed by atoms with Gasteiger partial charge in [0.2, 0.25) is 5.91 Å². The molecule has 0 rings (SSSR count). The number of carbonyl (C=O) groups is 1. The van der Waals surface area contributed by atoms with Gasteiger partial charge in [0.05, 0.1) is 12.5 Å². The van der Waals surface area contributed by atoms with E-state index in [0.717, 1.165) is 0 Å². The number of nitrogens with zero attached hydrogens (tertiary/aromatic N) is 1. The van der Waals surface area contributed by atoms with Crippen molar-refractivity contribution in [3.8, 4) is 6.07 Å². The van der Waals surface area contributed by atoms with E-state index in [-0.39, 0.29) is 11.9 Å². The largest absolute Gasteiger partial charge is 0.353 e. The fraction of sp³-hybridized carbons (Fsp3) is 0.750. The van der Waals surface area contributed by atoms with E-state index >= 15 is 0 Å². The second-order valence-corrected chi connectivity index (χ2v) is 1.96. The molecular formula is C8H16N2O. The second kappa shape index (κ2) is 8.96. The Morgan fingerprint density at radius 2 is 2.09 bits per heavy atom. The van der Waals surface area contributed by atoms with Crippen molar-refractivity contribution in [2.75, 3.05) is 0 Å². The lowest BCUT2D eigenvalue weighted by Gasteiger charge is -2.05. The molecule has 1 unspecified atom stereocenters. The molecule has 1 amide bonds. The molecule has 0 aliphatic rings. The molecule has 0 fully saturated rings. The third-order valence-corrected chi connectivity index (χ3v) is 0.847. The number of rotatable bonds is 2. The van der Waals surface area contributed by atoms with Gasteiger partial charge in [-0.2, -0.15) is 5.26 Å². The fourth-order valence-corrected chi connectivity index (χ4v) is 0.535. The highest BCUT2D eigenvalue weighted by Crippen LogP contribution is 1.85. The molecule has 0 aromatic carbocycles. The van der Waals surface area contributed by atoms with Crippen molar-refractivity contribution in [1.29, 1.82) is 5.26 Å². The molecular weight excluding hydrogens is 140 g/mol. The van der Waals surface area contributed by atoms with Gasteiger partial charge in [0.1, 0.15) is 0 Å². The molecule has 0 aliphatic carbocycles. The van der Waals surface area contributed by atoms with Crippen LogP contribution < -0.4 is 5.32 Å². The summed E-state index contributed by atoms with van der Waals surface area (Å²) in [6, 6.07) is 1.94. The minimum absolute atomic E-state index is 0.0208. The van der Waals surface area contributed by atoms with Crippen LogP contribution >= 0.6 is 0 Å². The molecule has 0 aliphatic heterocycles. The van der Waals surface area contributed by atoms with Crippen LogP contribution in [-0.4, -0.2) is 11.9 Å². The molecule has 3 heteroatoms. The summed E-state index contributed by atoms with van der Waals surface area (Å²) in [4.78, 5) is 10.3. The van der Waals surface area contributed by atoms with E-state index in [1.165, 1.54) is 6.92 Å². The summed E-state index contributed by atoms with van der Waals surface area (Å²) in [5, 5.41) is 10.7. The van der Waals surface area contributed by atoms with Crippen LogP contribution in [-0.2, 0) is 4.79 Å². The average Bonchev–Trinajstić information content (AvgIpc) is 1.91. The smallest absolute Gasteiger partial charge is 0.217 e. The molecule has 11 heavy (non-hydrogen) atoms. The van der Waals surface area contributed by atoms with E-state index in [1.807, 2.05) is 19.9 Å². The van der Waals surface area contributed by atoms with Crippen LogP contribution in [0.5, 0.6) is 0 Å². The minimum atomic E-state index is -0.0854. The van der Waals surface area contributed by atoms with Gasteiger partial charge in [-0.25, -0.2) is 0 Å². The Balaban J connectivity index is 0. The number of carbonyl (C=O) groups excluding carboxylic acids is 1. The molecule has 64 valence electrons. The quantitative estimate of drug-likeness (QED) is 0.658. The van der Waals surface area contributed by atoms with Crippen LogP contribution in [0.15, 0.2) is 0 Å². The summed E-state index contributed by atoms with van der Waals surface area (Å²) in [6.45, 7) is 7.23. The molecule has 0 heterocycles. The number of amides is 1. The van der Waals surface area contributed by atoms with Gasteiger partial charge < -0.3 is 5.32 Å². The Morgan fingerprint density at radius 1 is 1.64 bits per heavy atom. The second-order valence-electron chi connectivity index (χ2n) is 1.96. The van der Waals surface area contributed by atoms with Crippen molar-refractivity contribution in [2.45, 2.75) is 40.2 Å². The zero-order valence-corrected chi connectivity index (χ0v) is 7.64. The first kappa shape index (κ1) is 12.6. The number of hydrogen-bond acceptors (Lipinski definition) is 2. The van der Waals surface area contributed by atoms with Crippen LogP contribution in [0.1, 0.15) is 34.1 Å². The van der Waals surface area contributed by atoms with Crippen molar-refractivity contribution in [3.05, 3.63) is 0 Å². The van der Waals surface area contributed by atoms with E-state index in [1.54, 1.807) is 6.92 Å². The lowest BCUT2D eigenvalue weighted by Crippen LogP contribution is -2.29. The highest BCUT2D eigenvalue weighted by atomic mass is 16.1. The van der Waals surface area contributed by atoms with Crippen LogP contribution in [0.25, 0.3) is 0 Å². The zero-order valence-electron chi connectivity index (χ0n) is 7.64. The van der Waals surface area contributed by atoms with Crippen molar-refractivity contribution >= 4 is 5.91 Å². The monoisotopic (exact) mass is 156 g/mol. The SMILES string of the molecule is CC.CC(=O)NC(C)CC#N. The molecule has 0 saturated heterocycles. The first-order valence-corrected chi connectivity index (χ1v) is 3.81. The normalized spacial score (nSPS) is 10.1. The molecule has 0 spiro atoms. The lowest BCUT2D eigenvalue weighted by molar-refractivity contribution is -0.119. The van der Waals surface area contributed by atoms with E-state index in [9.17, 15) is 4.79 Å². The van der Waals surface area contributed by atoms with Gasteiger partial charge in [-0.05, 0) is 6.92 Å². The zero-order chi connectivity index (χ0) is 9.28. The maximum absolute atomic E-state index is 10.3. The standard InChI is InChI=1S/C6H10N2O.C2H6/c1-5(3-4-7)8-6(2)9;1-2/h5H,3H2,1-2H3,(H,8,9);1-2H3. The predicted molar refractivity (Wildman–Crippen MR) is 44.9 cm³/mol. The highest BCUT2D eigenvalue weighted by Gasteiger charge is 1.99. The molecule has 0 bridgehead atoms. The number of nitrogens with one attached hydrogen (secondary N) is 1. The van der Waals surface area contributed by atoms with Crippen molar-refractivity contribution in [3.63, 3.8) is 0 Å². The topological polar surface area (TPSA) is 52.9 Å². The molecule has 0 aromatic heterocycles. The van der Waals surface area contributed by atoms with Crippen molar-refractivity contribution < 1.29 is 4.79 Å². The Kier molecular flexibility index (Phi) is 10.3. The molecule has 3 nitrogen and oxygen atoms in total. The average molecular weight is 156 g/mol. The molecule has 1 atom stereocenters. The predicted octanol–water partition coefficient (Wildman–Crippen LogP) is 1.45. The van der Waals surface area contributed by atoms with Gasteiger partial charge >= 0.3 is 0 Å². The first-order chi connectivity index (χ1) is 5.16. The number of nitriles is 1. The molecule has 0 aromatic rings. The lowest BCUT2D eigenvalue weighted by atomic mass is 10.2. The number of hydrogen-bond donors (Lipinski definition) is 1. The highest BCUT2D eigenvalue weighted by molar-refractivity contribution is 5.73. The Labute approximate surface area is 68.4 Å². The summed E-state index contributed by atoms with van der Waals surface area (Å²) in [7, 11) is 0. The third kappa shape index (κ3) is 12.2. The van der Waals surface area contributed by atoms with Gasteiger partial charge in [-0.15, -0.1) is 0 Å². The van der Waals surface area contributed by atoms with Gasteiger partial charge in [-0.1, -0.05) is 13.8 Å². The van der Waals surface area contributed by atoms with E-state index in [0.29, 0.717) is 6.42 Å². The van der Waals surface area contributed by atoms with Gasteiger partial charge in [0.15, 0.2) is 0 Å². The maximum Gasteiger partial charge on any atom is 0.217 e. The Morgan fingerprint density at radius 3 is 2.36 bits per heavy atom. The fourth-order valence-electron chi connectivity index (χ4n) is 0.535. The summed E-state index contributed by atoms with van der Waals surface area (Å²) < 4.78 is 0. The summed E-state index contributed by atoms with van der Waals surface area (Å²) in [5.74, 6) is -0.0854. The van der Waals surface area contributed by atoms with Crippen LogP contribution in [0.2, 0.25) is 0 Å². The van der Waals surface area contributed by atoms with Crippen LogP contribution in [0.3, 0.4) is 0 Å². The van der Waals surface area contributed by atoms with E-state index < -0.39 is 0 Å². The maximum atomic E-state index is 10.3. The molecule has 0 radical (unpaired) electrons. The molecule has 1 N–H and O–H groups in total. The van der Waals surface area contributed by atoms with Gasteiger partial charge in [0.25, 0.3) is 0 Å². The van der Waals surface area contributed by atoms with Crippen LogP contribution in [0.4, 0.5) is 0 Å². The third-order valence-electron chi connectivity index (χ3n) is 0.847. The van der Waals surface area contributed by atoms with Crippen molar-refractivity contribution in [1.82, 2.24) is 5.32 Å². The van der Waals surface area contributed by atoms with Crippen molar-refractivity contribution in [2.24, 2.45) is 0 Å². The van der Waals surface area contributed by atoms with E-state index in [2.05, 4.69) is 5.32 Å². The van der Waals surface area contributed by atoms with Crippen LogP contribution in [0, 0.1) is 11.3 Å². The summed E-state index contributed by atoms with van der Waals surface area (Å²) >= 11 is 0. The van der Waals surface area contributed by atoms with Gasteiger partial charge in [-0.3, -0.25) is 4.79 Å². The summed E-state index contributed by atoms with van der Waals surface area (Å²) in [5.41, 5.74) is 0. The summed E-state index contributed by atoms with van der Waals surface area (Å²) in [6.07, 6.45) is 0.375. The first-order valence-electron chi connectivity index (χ1n) is 3.81. The molecule has 0 saturated carbocycles. The minimum Gasteiger partial charge on any atom is -0.353 e. The van der Waals surface area contributed by atoms with Gasteiger partial charge in [0, 0.05) is 13.0 Å². The Hall–Kier alpha value is -1.04. The Bertz CT molecular complexity index is 138.